The van der Waals surface area contributed by atoms with Crippen LogP contribution in [-0.4, -0.2) is 28.9 Å². The summed E-state index contributed by atoms with van der Waals surface area (Å²) in [5.41, 5.74) is 5.19. The molecule has 0 fully saturated rings. The van der Waals surface area contributed by atoms with Gasteiger partial charge in [0.05, 0.1) is 22.5 Å². The van der Waals surface area contributed by atoms with E-state index >= 15 is 0 Å². The van der Waals surface area contributed by atoms with E-state index in [9.17, 15) is 5.11 Å². The number of hydrogen-bond donors (Lipinski definition) is 3. The summed E-state index contributed by atoms with van der Waals surface area (Å²) in [6.07, 6.45) is 0.980. The molecule has 152 valence electrons. The first kappa shape index (κ1) is 20.2. The fourth-order valence-electron chi connectivity index (χ4n) is 3.53. The van der Waals surface area contributed by atoms with Crippen molar-refractivity contribution in [2.45, 2.75) is 13.3 Å². The van der Waals surface area contributed by atoms with Crippen LogP contribution in [0.4, 0.5) is 5.69 Å². The van der Waals surface area contributed by atoms with Crippen LogP contribution in [0.25, 0.3) is 10.9 Å². The Morgan fingerprint density at radius 2 is 1.80 bits per heavy atom. The van der Waals surface area contributed by atoms with E-state index in [-0.39, 0.29) is 5.88 Å². The van der Waals surface area contributed by atoms with Crippen molar-refractivity contribution < 1.29 is 5.11 Å². The van der Waals surface area contributed by atoms with Crippen molar-refractivity contribution in [2.75, 3.05) is 13.1 Å². The molecule has 1 aromatic heterocycles. The summed E-state index contributed by atoms with van der Waals surface area (Å²) in [5, 5.41) is 15.5. The first-order valence-corrected chi connectivity index (χ1v) is 10.5. The number of aromatic hydroxyl groups is 1. The molecule has 0 atom stereocenters. The lowest BCUT2D eigenvalue weighted by molar-refractivity contribution is 0.457. The molecule has 0 radical (unpaired) electrons. The van der Waals surface area contributed by atoms with Gasteiger partial charge in [-0.2, -0.15) is 0 Å². The van der Waals surface area contributed by atoms with E-state index in [1.54, 1.807) is 0 Å². The maximum Gasteiger partial charge on any atom is 0.199 e. The molecule has 3 aromatic carbocycles. The van der Waals surface area contributed by atoms with Gasteiger partial charge in [0.2, 0.25) is 0 Å². The molecule has 1 heterocycles. The zero-order valence-electron chi connectivity index (χ0n) is 16.8. The second-order valence-corrected chi connectivity index (χ2v) is 7.57. The predicted octanol–water partition coefficient (Wildman–Crippen LogP) is 5.85. The van der Waals surface area contributed by atoms with E-state index in [0.29, 0.717) is 16.3 Å². The van der Waals surface area contributed by atoms with Crippen molar-refractivity contribution in [1.29, 1.82) is 0 Å². The molecule has 0 aliphatic heterocycles. The van der Waals surface area contributed by atoms with E-state index in [2.05, 4.69) is 29.4 Å². The number of aromatic nitrogens is 1. The van der Waals surface area contributed by atoms with Crippen molar-refractivity contribution in [1.82, 2.24) is 10.3 Å². The first-order chi connectivity index (χ1) is 14.7. The molecule has 0 saturated carbocycles. The third kappa shape index (κ3) is 4.40. The molecular weight excluding hydrogens is 394 g/mol. The van der Waals surface area contributed by atoms with Crippen molar-refractivity contribution >= 4 is 33.9 Å². The Kier molecular flexibility index (Phi) is 6.17. The quantitative estimate of drug-likeness (QED) is 0.261. The van der Waals surface area contributed by atoms with Gasteiger partial charge in [-0.05, 0) is 49.3 Å². The summed E-state index contributed by atoms with van der Waals surface area (Å²) in [7, 11) is 0. The van der Waals surface area contributed by atoms with E-state index in [4.69, 9.17) is 16.6 Å². The van der Waals surface area contributed by atoms with Crippen molar-refractivity contribution in [3.05, 3.63) is 94.5 Å². The number of likely N-dealkylation sites (N-methyl/N-ethyl adjacent to an activating group) is 1. The molecule has 4 aromatic rings. The summed E-state index contributed by atoms with van der Waals surface area (Å²) in [6, 6.07) is 23.7. The Bertz CT molecular complexity index is 1160. The summed E-state index contributed by atoms with van der Waals surface area (Å²) in [6.45, 7) is 4.04. The molecule has 30 heavy (non-hydrogen) atoms. The minimum atomic E-state index is 0.0807. The van der Waals surface area contributed by atoms with Gasteiger partial charge >= 0.3 is 0 Å². The highest BCUT2D eigenvalue weighted by Gasteiger charge is 2.18. The fraction of sp³-hybridized carbons (Fsp3) is 0.160. The highest BCUT2D eigenvalue weighted by molar-refractivity contribution is 6.31. The smallest absolute Gasteiger partial charge is 0.199 e. The van der Waals surface area contributed by atoms with Crippen LogP contribution in [0.15, 0.2) is 77.8 Å². The molecule has 0 unspecified atom stereocenters. The molecule has 3 N–H and O–H groups in total. The van der Waals surface area contributed by atoms with Gasteiger partial charge < -0.3 is 15.4 Å². The highest BCUT2D eigenvalue weighted by atomic mass is 35.5. The van der Waals surface area contributed by atoms with E-state index in [1.165, 1.54) is 5.56 Å². The maximum absolute atomic E-state index is 10.7. The summed E-state index contributed by atoms with van der Waals surface area (Å²) >= 11 is 6.13. The van der Waals surface area contributed by atoms with Crippen LogP contribution in [0.5, 0.6) is 5.88 Å². The molecular formula is C25H24ClN3O. The van der Waals surface area contributed by atoms with Crippen LogP contribution in [-0.2, 0) is 6.42 Å². The molecule has 4 nitrogen and oxygen atoms in total. The lowest BCUT2D eigenvalue weighted by Gasteiger charge is -2.08. The molecule has 0 aliphatic rings. The zero-order chi connectivity index (χ0) is 20.9. The third-order valence-electron chi connectivity index (χ3n) is 5.04. The fourth-order valence-corrected chi connectivity index (χ4v) is 3.70. The first-order valence-electron chi connectivity index (χ1n) is 10.1. The zero-order valence-corrected chi connectivity index (χ0v) is 17.6. The van der Waals surface area contributed by atoms with Gasteiger partial charge in [0, 0.05) is 16.0 Å². The number of H-pyrrole nitrogens is 1. The largest absolute Gasteiger partial charge is 0.494 e. The lowest BCUT2D eigenvalue weighted by Crippen LogP contribution is -2.15. The van der Waals surface area contributed by atoms with Crippen LogP contribution in [0.3, 0.4) is 0 Å². The number of benzene rings is 3. The number of nitrogens with one attached hydrogen (secondary N) is 2. The number of nitrogens with zero attached hydrogens (tertiary/aromatic N) is 1. The van der Waals surface area contributed by atoms with Crippen LogP contribution < -0.4 is 5.32 Å². The van der Waals surface area contributed by atoms with Gasteiger partial charge in [0.25, 0.3) is 0 Å². The topological polar surface area (TPSA) is 60.4 Å². The second kappa shape index (κ2) is 9.16. The number of aromatic amines is 1. The molecule has 0 aliphatic carbocycles. The van der Waals surface area contributed by atoms with Crippen molar-refractivity contribution in [3.63, 3.8) is 0 Å². The standard InChI is InChI=1S/C25H24ClN3O/c1-2-27-15-14-17-8-11-20(12-9-17)28-24(18-6-4-3-5-7-18)23-21-13-10-19(26)16-22(21)29-25(23)30/h3-13,16,27,29-30H,2,14-15H2,1H3. The van der Waals surface area contributed by atoms with Gasteiger partial charge in [-0.15, -0.1) is 0 Å². The van der Waals surface area contributed by atoms with Gasteiger partial charge in [0.1, 0.15) is 0 Å². The van der Waals surface area contributed by atoms with E-state index in [0.717, 1.165) is 41.7 Å². The average molecular weight is 418 g/mol. The number of fused-ring (bicyclic) bond motifs is 1. The second-order valence-electron chi connectivity index (χ2n) is 7.13. The Hall–Kier alpha value is -3.08. The number of aliphatic imine (C=N–C) groups is 1. The average Bonchev–Trinajstić information content (AvgIpc) is 3.08. The predicted molar refractivity (Wildman–Crippen MR) is 125 cm³/mol. The summed E-state index contributed by atoms with van der Waals surface area (Å²) in [4.78, 5) is 7.96. The Morgan fingerprint density at radius 3 is 2.53 bits per heavy atom. The molecule has 5 heteroatoms. The normalized spacial score (nSPS) is 11.9. The van der Waals surface area contributed by atoms with Crippen LogP contribution in [0, 0.1) is 0 Å². The minimum absolute atomic E-state index is 0.0807. The monoisotopic (exact) mass is 417 g/mol. The van der Waals surface area contributed by atoms with E-state index in [1.807, 2.05) is 60.7 Å². The molecule has 4 rings (SSSR count). The van der Waals surface area contributed by atoms with Gasteiger partial charge in [-0.1, -0.05) is 67.1 Å². The third-order valence-corrected chi connectivity index (χ3v) is 5.28. The van der Waals surface area contributed by atoms with Crippen LogP contribution in [0.2, 0.25) is 5.02 Å². The van der Waals surface area contributed by atoms with Gasteiger partial charge in [-0.25, -0.2) is 4.99 Å². The molecule has 0 bridgehead atoms. The summed E-state index contributed by atoms with van der Waals surface area (Å²) in [5.74, 6) is 0.0807. The van der Waals surface area contributed by atoms with Crippen molar-refractivity contribution in [3.8, 4) is 5.88 Å². The summed E-state index contributed by atoms with van der Waals surface area (Å²) < 4.78 is 0. The Labute approximate surface area is 181 Å². The molecule has 0 spiro atoms. The van der Waals surface area contributed by atoms with E-state index < -0.39 is 0 Å². The maximum atomic E-state index is 10.7. The molecule has 0 amide bonds. The van der Waals surface area contributed by atoms with Gasteiger partial charge in [-0.3, -0.25) is 0 Å². The number of halogens is 1. The molecule has 0 saturated heterocycles. The lowest BCUT2D eigenvalue weighted by atomic mass is 10.0. The van der Waals surface area contributed by atoms with Crippen LogP contribution >= 0.6 is 11.6 Å². The Morgan fingerprint density at radius 1 is 1.03 bits per heavy atom. The van der Waals surface area contributed by atoms with Gasteiger partial charge in [0.15, 0.2) is 5.88 Å². The number of hydrogen-bond acceptors (Lipinski definition) is 3. The minimum Gasteiger partial charge on any atom is -0.494 e. The SMILES string of the molecule is CCNCCc1ccc(N=C(c2ccccc2)c2c(O)[nH]c3cc(Cl)ccc23)cc1. The highest BCUT2D eigenvalue weighted by Crippen LogP contribution is 2.32. The van der Waals surface area contributed by atoms with Crippen molar-refractivity contribution in [2.24, 2.45) is 4.99 Å². The number of rotatable bonds is 7. The van der Waals surface area contributed by atoms with Crippen LogP contribution in [0.1, 0.15) is 23.6 Å². The Balaban J connectivity index is 1.78.